The molecule has 0 unspecified atom stereocenters. The van der Waals surface area contributed by atoms with E-state index in [9.17, 15) is 14.9 Å². The van der Waals surface area contributed by atoms with Crippen molar-refractivity contribution in [3.05, 3.63) is 56.0 Å². The number of H-pyrrole nitrogens is 1. The summed E-state index contributed by atoms with van der Waals surface area (Å²) in [5.41, 5.74) is 2.28. The number of hydrogen-bond acceptors (Lipinski definition) is 4. The number of aryl methyl sites for hydroxylation is 1. The Morgan fingerprint density at radius 1 is 1.10 bits per heavy atom. The summed E-state index contributed by atoms with van der Waals surface area (Å²) in [7, 11) is 0. The summed E-state index contributed by atoms with van der Waals surface area (Å²) in [5.74, 6) is 0.482. The maximum atomic E-state index is 12.2. The van der Waals surface area contributed by atoms with E-state index in [-0.39, 0.29) is 11.2 Å². The first-order valence-electron chi connectivity index (χ1n) is 7.02. The van der Waals surface area contributed by atoms with Gasteiger partial charge < -0.3 is 4.98 Å². The van der Waals surface area contributed by atoms with Crippen molar-refractivity contribution in [3.63, 3.8) is 0 Å². The number of aromatic nitrogens is 2. The van der Waals surface area contributed by atoms with Crippen LogP contribution in [0, 0.1) is 10.1 Å². The molecular weight excluding hydrogens is 270 g/mol. The predicted molar refractivity (Wildman–Crippen MR) is 78.2 cm³/mol. The largest absolute Gasteiger partial charge is 0.306 e. The van der Waals surface area contributed by atoms with Gasteiger partial charge in [0.25, 0.3) is 11.2 Å². The van der Waals surface area contributed by atoms with Gasteiger partial charge >= 0.3 is 0 Å². The Morgan fingerprint density at radius 2 is 1.81 bits per heavy atom. The molecule has 0 spiro atoms. The number of nitro benzene ring substituents is 1. The molecule has 6 heteroatoms. The van der Waals surface area contributed by atoms with Crippen LogP contribution < -0.4 is 5.56 Å². The van der Waals surface area contributed by atoms with Crippen molar-refractivity contribution >= 4 is 5.69 Å². The van der Waals surface area contributed by atoms with Crippen LogP contribution >= 0.6 is 0 Å². The van der Waals surface area contributed by atoms with E-state index in [2.05, 4.69) is 9.97 Å². The van der Waals surface area contributed by atoms with Gasteiger partial charge in [0.15, 0.2) is 0 Å². The van der Waals surface area contributed by atoms with E-state index in [1.807, 2.05) is 0 Å². The molecule has 0 amide bonds. The Morgan fingerprint density at radius 3 is 2.52 bits per heavy atom. The molecule has 0 fully saturated rings. The minimum absolute atomic E-state index is 0.0239. The number of nitro groups is 1. The number of rotatable bonds is 2. The highest BCUT2D eigenvalue weighted by atomic mass is 16.6. The van der Waals surface area contributed by atoms with Crippen LogP contribution in [0.15, 0.2) is 29.1 Å². The molecule has 0 aliphatic heterocycles. The fraction of sp³-hybridized carbons (Fsp3) is 0.333. The number of aromatic amines is 1. The summed E-state index contributed by atoms with van der Waals surface area (Å²) in [4.78, 5) is 29.7. The molecular formula is C15H15N3O3. The molecule has 3 rings (SSSR count). The van der Waals surface area contributed by atoms with Crippen LogP contribution in [0.2, 0.25) is 0 Å². The summed E-state index contributed by atoms with van der Waals surface area (Å²) in [6.45, 7) is 0. The SMILES string of the molecule is O=c1[nH]c(-c2ccc([N+](=O)[O-])cc2)nc2c1CCCCC2. The lowest BCUT2D eigenvalue weighted by Gasteiger charge is -2.07. The molecule has 0 saturated heterocycles. The lowest BCUT2D eigenvalue weighted by Crippen LogP contribution is -2.18. The molecule has 1 aliphatic carbocycles. The number of nitrogens with one attached hydrogen (secondary N) is 1. The van der Waals surface area contributed by atoms with Crippen molar-refractivity contribution in [2.75, 3.05) is 0 Å². The highest BCUT2D eigenvalue weighted by Gasteiger charge is 2.15. The Bertz CT molecular complexity index is 735. The average Bonchev–Trinajstić information content (AvgIpc) is 2.73. The second-order valence-corrected chi connectivity index (χ2v) is 5.20. The number of benzene rings is 1. The number of non-ortho nitro benzene ring substituents is 1. The molecule has 0 atom stereocenters. The van der Waals surface area contributed by atoms with Crippen LogP contribution in [0.4, 0.5) is 5.69 Å². The highest BCUT2D eigenvalue weighted by molar-refractivity contribution is 5.57. The molecule has 1 heterocycles. The first-order chi connectivity index (χ1) is 10.1. The molecule has 0 saturated carbocycles. The van der Waals surface area contributed by atoms with Gasteiger partial charge in [-0.2, -0.15) is 0 Å². The van der Waals surface area contributed by atoms with Crippen molar-refractivity contribution in [1.82, 2.24) is 9.97 Å². The number of nitrogens with zero attached hydrogens (tertiary/aromatic N) is 2. The number of fused-ring (bicyclic) bond motifs is 1. The van der Waals surface area contributed by atoms with Crippen molar-refractivity contribution < 1.29 is 4.92 Å². The van der Waals surface area contributed by atoms with Gasteiger partial charge in [0.1, 0.15) is 5.82 Å². The molecule has 21 heavy (non-hydrogen) atoms. The third-order valence-electron chi connectivity index (χ3n) is 3.79. The molecule has 0 radical (unpaired) electrons. The van der Waals surface area contributed by atoms with Crippen molar-refractivity contribution in [2.24, 2.45) is 0 Å². The summed E-state index contributed by atoms with van der Waals surface area (Å²) < 4.78 is 0. The van der Waals surface area contributed by atoms with Crippen LogP contribution in [-0.4, -0.2) is 14.9 Å². The lowest BCUT2D eigenvalue weighted by molar-refractivity contribution is -0.384. The third-order valence-corrected chi connectivity index (χ3v) is 3.79. The van der Waals surface area contributed by atoms with E-state index in [1.165, 1.54) is 12.1 Å². The molecule has 108 valence electrons. The second-order valence-electron chi connectivity index (χ2n) is 5.20. The zero-order valence-corrected chi connectivity index (χ0v) is 11.5. The normalized spacial score (nSPS) is 14.3. The molecule has 2 aromatic rings. The van der Waals surface area contributed by atoms with Crippen LogP contribution in [-0.2, 0) is 12.8 Å². The van der Waals surface area contributed by atoms with Gasteiger partial charge in [0.05, 0.1) is 10.6 Å². The van der Waals surface area contributed by atoms with Crippen LogP contribution in [0.1, 0.15) is 30.5 Å². The monoisotopic (exact) mass is 285 g/mol. The Kier molecular flexibility index (Phi) is 3.51. The van der Waals surface area contributed by atoms with Crippen molar-refractivity contribution in [1.29, 1.82) is 0 Å². The van der Waals surface area contributed by atoms with Gasteiger partial charge in [0.2, 0.25) is 0 Å². The van der Waals surface area contributed by atoms with Gasteiger partial charge in [0, 0.05) is 23.3 Å². The summed E-state index contributed by atoms with van der Waals surface area (Å²) in [5, 5.41) is 10.7. The van der Waals surface area contributed by atoms with E-state index in [1.54, 1.807) is 12.1 Å². The lowest BCUT2D eigenvalue weighted by atomic mass is 10.1. The maximum absolute atomic E-state index is 12.2. The van der Waals surface area contributed by atoms with Crippen LogP contribution in [0.25, 0.3) is 11.4 Å². The van der Waals surface area contributed by atoms with E-state index >= 15 is 0 Å². The third kappa shape index (κ3) is 2.69. The Balaban J connectivity index is 2.03. The summed E-state index contributed by atoms with van der Waals surface area (Å²) in [6.07, 6.45) is 4.78. The fourth-order valence-electron chi connectivity index (χ4n) is 2.66. The molecule has 1 aromatic carbocycles. The van der Waals surface area contributed by atoms with Gasteiger partial charge in [-0.1, -0.05) is 6.42 Å². The first kappa shape index (κ1) is 13.5. The zero-order valence-electron chi connectivity index (χ0n) is 11.5. The standard InChI is InChI=1S/C15H15N3O3/c19-15-12-4-2-1-3-5-13(12)16-14(17-15)10-6-8-11(9-7-10)18(20)21/h6-9H,1-5H2,(H,16,17,19). The average molecular weight is 285 g/mol. The topological polar surface area (TPSA) is 88.9 Å². The van der Waals surface area contributed by atoms with Gasteiger partial charge in [-0.15, -0.1) is 0 Å². The van der Waals surface area contributed by atoms with E-state index in [4.69, 9.17) is 0 Å². The summed E-state index contributed by atoms with van der Waals surface area (Å²) in [6, 6.07) is 6.06. The molecule has 0 bridgehead atoms. The smallest absolute Gasteiger partial charge is 0.269 e. The van der Waals surface area contributed by atoms with Crippen molar-refractivity contribution in [3.8, 4) is 11.4 Å². The van der Waals surface area contributed by atoms with Gasteiger partial charge in [-0.25, -0.2) is 4.98 Å². The fourth-order valence-corrected chi connectivity index (χ4v) is 2.66. The quantitative estimate of drug-likeness (QED) is 0.522. The Hall–Kier alpha value is -2.50. The van der Waals surface area contributed by atoms with Crippen molar-refractivity contribution in [2.45, 2.75) is 32.1 Å². The van der Waals surface area contributed by atoms with E-state index in [0.29, 0.717) is 11.4 Å². The minimum atomic E-state index is -0.447. The molecule has 1 N–H and O–H groups in total. The number of hydrogen-bond donors (Lipinski definition) is 1. The highest BCUT2D eigenvalue weighted by Crippen LogP contribution is 2.21. The maximum Gasteiger partial charge on any atom is 0.269 e. The minimum Gasteiger partial charge on any atom is -0.306 e. The van der Waals surface area contributed by atoms with Crippen LogP contribution in [0.3, 0.4) is 0 Å². The molecule has 1 aromatic heterocycles. The van der Waals surface area contributed by atoms with Gasteiger partial charge in [-0.05, 0) is 37.8 Å². The predicted octanol–water partition coefficient (Wildman–Crippen LogP) is 2.61. The summed E-state index contributed by atoms with van der Waals surface area (Å²) >= 11 is 0. The first-order valence-corrected chi connectivity index (χ1v) is 7.02. The van der Waals surface area contributed by atoms with E-state index in [0.717, 1.165) is 43.4 Å². The zero-order chi connectivity index (χ0) is 14.8. The van der Waals surface area contributed by atoms with Crippen LogP contribution in [0.5, 0.6) is 0 Å². The van der Waals surface area contributed by atoms with E-state index < -0.39 is 4.92 Å². The molecule has 1 aliphatic rings. The van der Waals surface area contributed by atoms with Gasteiger partial charge in [-0.3, -0.25) is 14.9 Å². The molecule has 6 nitrogen and oxygen atoms in total. The second kappa shape index (κ2) is 5.47. The Labute approximate surface area is 121 Å².